The van der Waals surface area contributed by atoms with Gasteiger partial charge in [0.15, 0.2) is 0 Å². The van der Waals surface area contributed by atoms with Crippen molar-refractivity contribution in [2.24, 2.45) is 0 Å². The third-order valence-corrected chi connectivity index (χ3v) is 9.48. The van der Waals surface area contributed by atoms with Gasteiger partial charge in [-0.15, -0.1) is 0 Å². The molecule has 1 aliphatic heterocycles. The van der Waals surface area contributed by atoms with E-state index in [1.54, 1.807) is 31.1 Å². The van der Waals surface area contributed by atoms with Gasteiger partial charge in [0.25, 0.3) is 0 Å². The van der Waals surface area contributed by atoms with E-state index >= 15 is 0 Å². The molecule has 2 aromatic carbocycles. The summed E-state index contributed by atoms with van der Waals surface area (Å²) in [6, 6.07) is 22.9. The molecule has 51 heavy (non-hydrogen) atoms. The molecule has 0 atom stereocenters. The Kier molecular flexibility index (Phi) is 14.4. The minimum Gasteiger partial charge on any atom is -0.444 e. The number of carbonyl (C=O) groups is 1. The van der Waals surface area contributed by atoms with E-state index in [4.69, 9.17) is 23.3 Å². The van der Waals surface area contributed by atoms with E-state index in [1.807, 2.05) is 101 Å². The maximum absolute atomic E-state index is 12.6. The highest BCUT2D eigenvalue weighted by Gasteiger charge is 2.25. The minimum atomic E-state index is -3.12. The van der Waals surface area contributed by atoms with Crippen LogP contribution in [0.5, 0.6) is 23.3 Å². The Labute approximate surface area is 302 Å². The van der Waals surface area contributed by atoms with Gasteiger partial charge in [0.1, 0.15) is 17.1 Å². The number of amides is 1. The van der Waals surface area contributed by atoms with Gasteiger partial charge in [0.05, 0.1) is 19.4 Å². The summed E-state index contributed by atoms with van der Waals surface area (Å²) in [5.74, 6) is 2.50. The van der Waals surface area contributed by atoms with E-state index in [-0.39, 0.29) is 12.3 Å². The zero-order valence-electron chi connectivity index (χ0n) is 30.8. The van der Waals surface area contributed by atoms with E-state index in [9.17, 15) is 9.36 Å². The summed E-state index contributed by atoms with van der Waals surface area (Å²) in [7, 11) is -3.12. The monoisotopic (exact) mass is 715 g/mol. The molecule has 5 rings (SSSR count). The van der Waals surface area contributed by atoms with Crippen molar-refractivity contribution in [3.63, 3.8) is 0 Å². The fourth-order valence-electron chi connectivity index (χ4n) is 5.07. The largest absolute Gasteiger partial charge is 0.444 e. The van der Waals surface area contributed by atoms with Gasteiger partial charge in [-0.2, -0.15) is 0 Å². The number of pyridine rings is 2. The Morgan fingerprint density at radius 3 is 1.86 bits per heavy atom. The lowest BCUT2D eigenvalue weighted by Gasteiger charge is -2.31. The van der Waals surface area contributed by atoms with Crippen LogP contribution in [0.25, 0.3) is 6.08 Å². The molecule has 1 fully saturated rings. The summed E-state index contributed by atoms with van der Waals surface area (Å²) >= 11 is 0. The number of rotatable bonds is 11. The highest BCUT2D eigenvalue weighted by atomic mass is 31.2. The highest BCUT2D eigenvalue weighted by Crippen LogP contribution is 2.51. The Hall–Kier alpha value is -4.50. The summed E-state index contributed by atoms with van der Waals surface area (Å²) in [6.45, 7) is 15.3. The standard InChI is InChI=1S/C23H28N2O3.C17H22NO4P/c1-17-8-9-21(24-16-17)27-20-7-5-6-19(15-20)14-18-10-12-25(13-11-18)22(26)28-23(2,3)4;1-4-20-23(19,21-5-2)13-15-7-6-8-16(11-15)22-17-10-9-14(3)12-18-17/h5-9,14-16H,10-13H2,1-4H3;6-12H,4-5,13H2,1-3H3. The van der Waals surface area contributed by atoms with E-state index in [0.717, 1.165) is 40.8 Å². The third kappa shape index (κ3) is 13.6. The molecular formula is C40H50N3O7P. The van der Waals surface area contributed by atoms with E-state index in [0.29, 0.717) is 43.8 Å². The van der Waals surface area contributed by atoms with Crippen LogP contribution in [0.1, 0.15) is 69.7 Å². The molecule has 0 saturated carbocycles. The predicted molar refractivity (Wildman–Crippen MR) is 201 cm³/mol. The zero-order valence-corrected chi connectivity index (χ0v) is 31.7. The minimum absolute atomic E-state index is 0.215. The second kappa shape index (κ2) is 18.7. The molecule has 0 radical (unpaired) electrons. The third-order valence-electron chi connectivity index (χ3n) is 7.43. The topological polar surface area (TPSA) is 109 Å². The Morgan fingerprint density at radius 2 is 1.35 bits per heavy atom. The Bertz CT molecular complexity index is 1770. The number of benzene rings is 2. The van der Waals surface area contributed by atoms with Crippen molar-refractivity contribution in [3.8, 4) is 23.3 Å². The number of hydrogen-bond acceptors (Lipinski definition) is 9. The second-order valence-electron chi connectivity index (χ2n) is 13.1. The highest BCUT2D eigenvalue weighted by molar-refractivity contribution is 7.53. The van der Waals surface area contributed by atoms with Gasteiger partial charge in [-0.05, 0) is 108 Å². The number of piperidine rings is 1. The number of likely N-dealkylation sites (tertiary alicyclic amines) is 1. The fourth-order valence-corrected chi connectivity index (χ4v) is 6.76. The summed E-state index contributed by atoms with van der Waals surface area (Å²) in [5, 5.41) is 0. The van der Waals surface area contributed by atoms with Crippen molar-refractivity contribution in [2.75, 3.05) is 26.3 Å². The van der Waals surface area contributed by atoms with Crippen LogP contribution in [0.15, 0.2) is 90.8 Å². The average molecular weight is 716 g/mol. The molecule has 0 aliphatic carbocycles. The first kappa shape index (κ1) is 39.3. The van der Waals surface area contributed by atoms with Crippen LogP contribution in [-0.4, -0.2) is 52.9 Å². The summed E-state index contributed by atoms with van der Waals surface area (Å²) < 4.78 is 40.3. The van der Waals surface area contributed by atoms with Crippen molar-refractivity contribution >= 4 is 19.8 Å². The molecule has 10 nitrogen and oxygen atoms in total. The van der Waals surface area contributed by atoms with Crippen molar-refractivity contribution < 1.29 is 32.6 Å². The number of carbonyl (C=O) groups excluding carboxylic acids is 1. The lowest BCUT2D eigenvalue weighted by molar-refractivity contribution is 0.0236. The first-order valence-electron chi connectivity index (χ1n) is 17.3. The van der Waals surface area contributed by atoms with Crippen LogP contribution in [-0.2, 0) is 24.5 Å². The first-order valence-corrected chi connectivity index (χ1v) is 19.0. The molecule has 3 heterocycles. The molecule has 0 unspecified atom stereocenters. The average Bonchev–Trinajstić information content (AvgIpc) is 3.07. The molecule has 1 saturated heterocycles. The predicted octanol–water partition coefficient (Wildman–Crippen LogP) is 10.5. The van der Waals surface area contributed by atoms with Gasteiger partial charge in [-0.25, -0.2) is 14.8 Å². The molecule has 1 amide bonds. The van der Waals surface area contributed by atoms with Crippen molar-refractivity contribution in [3.05, 3.63) is 113 Å². The molecule has 1 aliphatic rings. The summed E-state index contributed by atoms with van der Waals surface area (Å²) in [5.41, 5.74) is 4.96. The molecule has 0 bridgehead atoms. The van der Waals surface area contributed by atoms with Crippen LogP contribution in [0.2, 0.25) is 0 Å². The molecular weight excluding hydrogens is 665 g/mol. The number of aromatic nitrogens is 2. The maximum atomic E-state index is 12.6. The molecule has 11 heteroatoms. The fraction of sp³-hybridized carbons (Fsp3) is 0.375. The number of aryl methyl sites for hydroxylation is 2. The molecule has 2 aromatic heterocycles. The number of ether oxygens (including phenoxy) is 3. The van der Waals surface area contributed by atoms with Crippen LogP contribution in [0.3, 0.4) is 0 Å². The van der Waals surface area contributed by atoms with Gasteiger partial charge in [-0.1, -0.05) is 48.0 Å². The molecule has 0 spiro atoms. The van der Waals surface area contributed by atoms with Gasteiger partial charge in [0.2, 0.25) is 11.8 Å². The van der Waals surface area contributed by atoms with Crippen molar-refractivity contribution in [2.45, 2.75) is 73.1 Å². The summed E-state index contributed by atoms with van der Waals surface area (Å²) in [4.78, 5) is 22.5. The normalized spacial score (nSPS) is 13.2. The van der Waals surface area contributed by atoms with Gasteiger partial charge in [0, 0.05) is 37.6 Å². The Morgan fingerprint density at radius 1 is 0.804 bits per heavy atom. The smallest absolute Gasteiger partial charge is 0.410 e. The van der Waals surface area contributed by atoms with Gasteiger partial charge in [-0.3, -0.25) is 4.57 Å². The van der Waals surface area contributed by atoms with Gasteiger partial charge >= 0.3 is 13.7 Å². The number of hydrogen-bond donors (Lipinski definition) is 0. The SMILES string of the molecule is CCOP(=O)(Cc1cccc(Oc2ccc(C)cn2)c1)OCC.Cc1ccc(Oc2cccc(C=C3CCN(C(=O)OC(C)(C)C)CC3)c2)nc1. The Balaban J connectivity index is 0.000000233. The quantitative estimate of drug-likeness (QED) is 0.140. The zero-order chi connectivity index (χ0) is 36.9. The van der Waals surface area contributed by atoms with Crippen LogP contribution < -0.4 is 9.47 Å². The van der Waals surface area contributed by atoms with Crippen molar-refractivity contribution in [1.82, 2.24) is 14.9 Å². The summed E-state index contributed by atoms with van der Waals surface area (Å²) in [6.07, 6.45) is 7.41. The maximum Gasteiger partial charge on any atom is 0.410 e. The molecule has 0 N–H and O–H groups in total. The molecule has 272 valence electrons. The second-order valence-corrected chi connectivity index (χ2v) is 15.2. The van der Waals surface area contributed by atoms with E-state index in [2.05, 4.69) is 22.1 Å². The van der Waals surface area contributed by atoms with Crippen LogP contribution in [0, 0.1) is 13.8 Å². The van der Waals surface area contributed by atoms with E-state index < -0.39 is 13.2 Å². The molecule has 4 aromatic rings. The lowest BCUT2D eigenvalue weighted by Crippen LogP contribution is -2.40. The van der Waals surface area contributed by atoms with Crippen LogP contribution in [0.4, 0.5) is 4.79 Å². The van der Waals surface area contributed by atoms with E-state index in [1.165, 1.54) is 5.57 Å². The van der Waals surface area contributed by atoms with Gasteiger partial charge < -0.3 is 28.2 Å². The first-order chi connectivity index (χ1) is 24.3. The lowest BCUT2D eigenvalue weighted by atomic mass is 10.0. The number of nitrogens with zero attached hydrogens (tertiary/aromatic N) is 3. The van der Waals surface area contributed by atoms with Crippen molar-refractivity contribution in [1.29, 1.82) is 0 Å². The van der Waals surface area contributed by atoms with Crippen LogP contribution >= 0.6 is 7.60 Å².